The van der Waals surface area contributed by atoms with Crippen molar-refractivity contribution in [3.63, 3.8) is 0 Å². The lowest BCUT2D eigenvalue weighted by Gasteiger charge is -2.22. The number of para-hydroxylation sites is 1. The molecule has 0 atom stereocenters. The van der Waals surface area contributed by atoms with E-state index in [0.717, 1.165) is 72.9 Å². The molecule has 0 bridgehead atoms. The molecule has 0 spiro atoms. The number of allylic oxidation sites excluding steroid dienone is 1. The van der Waals surface area contributed by atoms with Gasteiger partial charge in [0.1, 0.15) is 0 Å². The fourth-order valence-corrected chi connectivity index (χ4v) is 5.19. The smallest absolute Gasteiger partial charge is 0.339 e. The van der Waals surface area contributed by atoms with Gasteiger partial charge in [0.2, 0.25) is 0 Å². The molecule has 5 nitrogen and oxygen atoms in total. The number of rotatable bonds is 4. The molecule has 3 heterocycles. The standard InChI is InChI=1S/C25H24N2O3S/c28-22(27-12-3-4-13-27)16-30-25(29)23-19-9-1-2-11-21(19)26-24-17(7-5-10-20(23)24)15-18-8-6-14-31-18/h1-2,6,8-9,11,14-15H,3-5,7,10,12-13,16H2. The van der Waals surface area contributed by atoms with Gasteiger partial charge in [0, 0.05) is 23.4 Å². The van der Waals surface area contributed by atoms with E-state index in [-0.39, 0.29) is 12.5 Å². The molecule has 1 aliphatic carbocycles. The molecule has 2 aromatic heterocycles. The summed E-state index contributed by atoms with van der Waals surface area (Å²) in [5, 5.41) is 2.85. The summed E-state index contributed by atoms with van der Waals surface area (Å²) in [5.74, 6) is -0.545. The van der Waals surface area contributed by atoms with Gasteiger partial charge in [0.05, 0.1) is 16.8 Å². The van der Waals surface area contributed by atoms with Crippen LogP contribution in [0.2, 0.25) is 0 Å². The summed E-state index contributed by atoms with van der Waals surface area (Å²) in [7, 11) is 0. The first kappa shape index (κ1) is 19.9. The van der Waals surface area contributed by atoms with Gasteiger partial charge in [-0.3, -0.25) is 4.79 Å². The van der Waals surface area contributed by atoms with E-state index in [0.29, 0.717) is 5.56 Å². The number of nitrogens with zero attached hydrogens (tertiary/aromatic N) is 2. The number of aromatic nitrogens is 1. The van der Waals surface area contributed by atoms with Gasteiger partial charge in [-0.15, -0.1) is 11.3 Å². The number of pyridine rings is 1. The van der Waals surface area contributed by atoms with Crippen LogP contribution in [-0.4, -0.2) is 41.5 Å². The van der Waals surface area contributed by atoms with Crippen molar-refractivity contribution in [1.82, 2.24) is 9.88 Å². The van der Waals surface area contributed by atoms with Gasteiger partial charge >= 0.3 is 5.97 Å². The first-order valence-corrected chi connectivity index (χ1v) is 11.7. The summed E-state index contributed by atoms with van der Waals surface area (Å²) in [5.41, 5.74) is 4.31. The van der Waals surface area contributed by atoms with Gasteiger partial charge in [-0.2, -0.15) is 0 Å². The lowest BCUT2D eigenvalue weighted by Crippen LogP contribution is -2.32. The summed E-state index contributed by atoms with van der Waals surface area (Å²) >= 11 is 1.69. The summed E-state index contributed by atoms with van der Waals surface area (Å²) < 4.78 is 5.54. The van der Waals surface area contributed by atoms with Crippen LogP contribution in [0, 0.1) is 0 Å². The first-order valence-electron chi connectivity index (χ1n) is 10.8. The van der Waals surface area contributed by atoms with E-state index in [1.54, 1.807) is 16.2 Å². The monoisotopic (exact) mass is 432 g/mol. The van der Waals surface area contributed by atoms with Crippen LogP contribution in [0.4, 0.5) is 0 Å². The van der Waals surface area contributed by atoms with Gasteiger partial charge in [-0.05, 0) is 66.8 Å². The van der Waals surface area contributed by atoms with Crippen LogP contribution in [-0.2, 0) is 16.0 Å². The van der Waals surface area contributed by atoms with E-state index < -0.39 is 5.97 Å². The molecule has 3 aromatic rings. The topological polar surface area (TPSA) is 59.5 Å². The molecule has 6 heteroatoms. The highest BCUT2D eigenvalue weighted by Gasteiger charge is 2.27. The highest BCUT2D eigenvalue weighted by atomic mass is 32.1. The predicted molar refractivity (Wildman–Crippen MR) is 123 cm³/mol. The quantitative estimate of drug-likeness (QED) is 0.547. The number of amides is 1. The van der Waals surface area contributed by atoms with Crippen molar-refractivity contribution in [1.29, 1.82) is 0 Å². The van der Waals surface area contributed by atoms with E-state index in [9.17, 15) is 9.59 Å². The molecule has 2 aliphatic rings. The van der Waals surface area contributed by atoms with Crippen LogP contribution in [0.25, 0.3) is 22.6 Å². The number of fused-ring (bicyclic) bond motifs is 2. The van der Waals surface area contributed by atoms with E-state index in [2.05, 4.69) is 17.5 Å². The third-order valence-corrected chi connectivity index (χ3v) is 6.84. The maximum Gasteiger partial charge on any atom is 0.339 e. The Morgan fingerprint density at radius 2 is 1.90 bits per heavy atom. The van der Waals surface area contributed by atoms with E-state index in [4.69, 9.17) is 9.72 Å². The number of benzene rings is 1. The Morgan fingerprint density at radius 1 is 1.06 bits per heavy atom. The Labute approximate surface area is 185 Å². The van der Waals surface area contributed by atoms with Gasteiger partial charge in [0.25, 0.3) is 5.91 Å². The minimum atomic E-state index is -0.431. The van der Waals surface area contributed by atoms with Crippen LogP contribution in [0.5, 0.6) is 0 Å². The summed E-state index contributed by atoms with van der Waals surface area (Å²) in [6, 6.07) is 11.8. The van der Waals surface area contributed by atoms with Gasteiger partial charge < -0.3 is 9.64 Å². The van der Waals surface area contributed by atoms with Gasteiger partial charge in [-0.25, -0.2) is 9.78 Å². The van der Waals surface area contributed by atoms with Crippen molar-refractivity contribution in [3.8, 4) is 0 Å². The average molecular weight is 433 g/mol. The second kappa shape index (κ2) is 8.63. The van der Waals surface area contributed by atoms with Gasteiger partial charge in [-0.1, -0.05) is 24.3 Å². The third kappa shape index (κ3) is 4.00. The molecule has 1 aromatic carbocycles. The number of esters is 1. The Hall–Kier alpha value is -2.99. The van der Waals surface area contributed by atoms with Crippen LogP contribution in [0.3, 0.4) is 0 Å². The maximum absolute atomic E-state index is 13.2. The van der Waals surface area contributed by atoms with Gasteiger partial charge in [0.15, 0.2) is 6.61 Å². The second-order valence-corrected chi connectivity index (χ2v) is 9.01. The summed E-state index contributed by atoms with van der Waals surface area (Å²) in [4.78, 5) is 33.5. The third-order valence-electron chi connectivity index (χ3n) is 6.02. The molecule has 0 N–H and O–H groups in total. The molecule has 158 valence electrons. The zero-order chi connectivity index (χ0) is 21.2. The number of carbonyl (C=O) groups is 2. The Morgan fingerprint density at radius 3 is 2.71 bits per heavy atom. The molecule has 1 amide bonds. The van der Waals surface area contributed by atoms with Crippen molar-refractivity contribution < 1.29 is 14.3 Å². The number of hydrogen-bond donors (Lipinski definition) is 0. The molecule has 0 saturated carbocycles. The fraction of sp³-hybridized carbons (Fsp3) is 0.320. The molecule has 5 rings (SSSR count). The number of carbonyl (C=O) groups excluding carboxylic acids is 2. The zero-order valence-electron chi connectivity index (χ0n) is 17.3. The van der Waals surface area contributed by atoms with Crippen molar-refractivity contribution in [3.05, 3.63) is 63.5 Å². The molecular weight excluding hydrogens is 408 g/mol. The minimum absolute atomic E-state index is 0.114. The van der Waals surface area contributed by atoms with Crippen LogP contribution in [0.15, 0.2) is 41.8 Å². The van der Waals surface area contributed by atoms with Crippen molar-refractivity contribution >= 4 is 45.8 Å². The van der Waals surface area contributed by atoms with Crippen molar-refractivity contribution in [2.45, 2.75) is 32.1 Å². The predicted octanol–water partition coefficient (Wildman–Crippen LogP) is 4.95. The highest BCUT2D eigenvalue weighted by Crippen LogP contribution is 2.36. The van der Waals surface area contributed by atoms with E-state index >= 15 is 0 Å². The summed E-state index contributed by atoms with van der Waals surface area (Å²) in [6.07, 6.45) is 6.87. The molecule has 0 radical (unpaired) electrons. The Kier molecular flexibility index (Phi) is 5.55. The zero-order valence-corrected chi connectivity index (χ0v) is 18.1. The second-order valence-electron chi connectivity index (χ2n) is 8.03. The molecule has 1 aliphatic heterocycles. The first-order chi connectivity index (χ1) is 15.2. The number of ether oxygens (including phenoxy) is 1. The normalized spacial score (nSPS) is 17.2. The number of hydrogen-bond acceptors (Lipinski definition) is 5. The average Bonchev–Trinajstić information content (AvgIpc) is 3.50. The van der Waals surface area contributed by atoms with Crippen molar-refractivity contribution in [2.24, 2.45) is 0 Å². The molecule has 0 unspecified atom stereocenters. The maximum atomic E-state index is 13.2. The van der Waals surface area contributed by atoms with E-state index in [1.165, 1.54) is 4.88 Å². The Bertz CT molecular complexity index is 1160. The Balaban J connectivity index is 1.52. The van der Waals surface area contributed by atoms with Crippen molar-refractivity contribution in [2.75, 3.05) is 19.7 Å². The lowest BCUT2D eigenvalue weighted by molar-refractivity contribution is -0.133. The lowest BCUT2D eigenvalue weighted by atomic mass is 9.86. The largest absolute Gasteiger partial charge is 0.452 e. The molecule has 1 fully saturated rings. The molecule has 31 heavy (non-hydrogen) atoms. The van der Waals surface area contributed by atoms with Crippen LogP contribution < -0.4 is 0 Å². The molecule has 1 saturated heterocycles. The number of thiophene rings is 1. The molecular formula is C25H24N2O3S. The minimum Gasteiger partial charge on any atom is -0.452 e. The highest BCUT2D eigenvalue weighted by molar-refractivity contribution is 7.10. The van der Waals surface area contributed by atoms with Crippen LogP contribution in [0.1, 0.15) is 52.2 Å². The fourth-order valence-electron chi connectivity index (χ4n) is 4.51. The number of likely N-dealkylation sites (tertiary alicyclic amines) is 1. The van der Waals surface area contributed by atoms with Crippen LogP contribution >= 0.6 is 11.3 Å². The SMILES string of the molecule is O=C(OCC(=O)N1CCCC1)c1c2c(nc3ccccc13)C(=Cc1cccs1)CCC2. The summed E-state index contributed by atoms with van der Waals surface area (Å²) in [6.45, 7) is 1.30. The van der Waals surface area contributed by atoms with E-state index in [1.807, 2.05) is 30.3 Å².